The number of nitro benzene ring substituents is 1. The van der Waals surface area contributed by atoms with Crippen molar-refractivity contribution in [1.29, 1.82) is 0 Å². The van der Waals surface area contributed by atoms with Gasteiger partial charge in [0.05, 0.1) is 15.5 Å². The minimum atomic E-state index is -4.04. The van der Waals surface area contributed by atoms with Gasteiger partial charge in [0.2, 0.25) is 0 Å². The summed E-state index contributed by atoms with van der Waals surface area (Å²) in [5.41, 5.74) is 3.89. The van der Waals surface area contributed by atoms with Crippen molar-refractivity contribution in [2.45, 2.75) is 11.8 Å². The standard InChI is InChI=1S/C19H16ClN5O4S/c1-13(14-8-10-21-11-9-14)22-23-18-7-6-17(12-19(18)25(26)27)30(28,29)24-16-4-2-15(20)3-5-16/h2-12,23-24H,1H3/b22-13-. The molecule has 11 heteroatoms. The first kappa shape index (κ1) is 21.2. The van der Waals surface area contributed by atoms with Crippen molar-refractivity contribution in [1.82, 2.24) is 4.98 Å². The number of nitrogens with zero attached hydrogens (tertiary/aromatic N) is 3. The minimum Gasteiger partial charge on any atom is -0.280 e. The van der Waals surface area contributed by atoms with Gasteiger partial charge < -0.3 is 0 Å². The van der Waals surface area contributed by atoms with Crippen molar-refractivity contribution < 1.29 is 13.3 Å². The highest BCUT2D eigenvalue weighted by molar-refractivity contribution is 7.92. The van der Waals surface area contributed by atoms with Crippen LogP contribution in [-0.4, -0.2) is 24.0 Å². The molecule has 0 saturated heterocycles. The number of aromatic nitrogens is 1. The van der Waals surface area contributed by atoms with E-state index in [1.165, 1.54) is 36.4 Å². The smallest absolute Gasteiger partial charge is 0.280 e. The zero-order valence-corrected chi connectivity index (χ0v) is 17.2. The van der Waals surface area contributed by atoms with Crippen molar-refractivity contribution in [2.24, 2.45) is 5.10 Å². The van der Waals surface area contributed by atoms with Gasteiger partial charge in [0.1, 0.15) is 5.69 Å². The fraction of sp³-hybridized carbons (Fsp3) is 0.0526. The van der Waals surface area contributed by atoms with Gasteiger partial charge in [0, 0.05) is 34.7 Å². The predicted octanol–water partition coefficient (Wildman–Crippen LogP) is 4.28. The Morgan fingerprint density at radius 1 is 1.10 bits per heavy atom. The van der Waals surface area contributed by atoms with Crippen LogP contribution in [0.2, 0.25) is 5.02 Å². The third kappa shape index (κ3) is 5.10. The highest BCUT2D eigenvalue weighted by atomic mass is 35.5. The van der Waals surface area contributed by atoms with Crippen LogP contribution < -0.4 is 10.1 Å². The molecular formula is C19H16ClN5O4S. The SMILES string of the molecule is C/C(=N/Nc1ccc(S(=O)(=O)Nc2ccc(Cl)cc2)cc1[N+](=O)[O-])c1ccncc1. The van der Waals surface area contributed by atoms with Gasteiger partial charge in [-0.05, 0) is 55.5 Å². The van der Waals surface area contributed by atoms with E-state index in [4.69, 9.17) is 11.6 Å². The monoisotopic (exact) mass is 445 g/mol. The summed E-state index contributed by atoms with van der Waals surface area (Å²) in [6.07, 6.45) is 3.20. The van der Waals surface area contributed by atoms with Crippen molar-refractivity contribution in [3.8, 4) is 0 Å². The first-order chi connectivity index (χ1) is 14.3. The lowest BCUT2D eigenvalue weighted by atomic mass is 10.2. The van der Waals surface area contributed by atoms with E-state index in [1.54, 1.807) is 31.5 Å². The Kier molecular flexibility index (Phi) is 6.28. The van der Waals surface area contributed by atoms with E-state index in [9.17, 15) is 18.5 Å². The molecule has 0 amide bonds. The molecule has 9 nitrogen and oxygen atoms in total. The van der Waals surface area contributed by atoms with Crippen molar-refractivity contribution in [3.05, 3.63) is 87.7 Å². The third-order valence-electron chi connectivity index (χ3n) is 4.01. The zero-order valence-electron chi connectivity index (χ0n) is 15.6. The maximum atomic E-state index is 12.6. The van der Waals surface area contributed by atoms with Gasteiger partial charge in [-0.2, -0.15) is 5.10 Å². The highest BCUT2D eigenvalue weighted by Crippen LogP contribution is 2.29. The molecule has 0 atom stereocenters. The van der Waals surface area contributed by atoms with Crippen LogP contribution in [0.5, 0.6) is 0 Å². The van der Waals surface area contributed by atoms with Gasteiger partial charge >= 0.3 is 0 Å². The van der Waals surface area contributed by atoms with E-state index in [1.807, 2.05) is 0 Å². The van der Waals surface area contributed by atoms with Crippen molar-refractivity contribution in [3.63, 3.8) is 0 Å². The average molecular weight is 446 g/mol. The van der Waals surface area contributed by atoms with Crippen LogP contribution in [0.3, 0.4) is 0 Å². The molecule has 1 heterocycles. The molecule has 2 N–H and O–H groups in total. The lowest BCUT2D eigenvalue weighted by Gasteiger charge is -2.10. The number of anilines is 2. The quantitative estimate of drug-likeness (QED) is 0.317. The summed E-state index contributed by atoms with van der Waals surface area (Å²) in [5.74, 6) is 0. The largest absolute Gasteiger partial charge is 0.295 e. The number of benzene rings is 2. The second-order valence-corrected chi connectivity index (χ2v) is 8.21. The van der Waals surface area contributed by atoms with Gasteiger partial charge in [0.25, 0.3) is 15.7 Å². The predicted molar refractivity (Wildman–Crippen MR) is 115 cm³/mol. The second kappa shape index (κ2) is 8.89. The number of hydrogen-bond donors (Lipinski definition) is 2. The summed E-state index contributed by atoms with van der Waals surface area (Å²) < 4.78 is 27.6. The summed E-state index contributed by atoms with van der Waals surface area (Å²) in [5, 5.41) is 16.1. The Hall–Kier alpha value is -3.50. The van der Waals surface area contributed by atoms with Crippen LogP contribution in [0.1, 0.15) is 12.5 Å². The molecule has 0 spiro atoms. The number of pyridine rings is 1. The molecule has 1 aromatic heterocycles. The minimum absolute atomic E-state index is 0.0545. The number of halogens is 1. The molecule has 0 radical (unpaired) electrons. The van der Waals surface area contributed by atoms with Crippen molar-refractivity contribution in [2.75, 3.05) is 10.1 Å². The fourth-order valence-electron chi connectivity index (χ4n) is 2.46. The average Bonchev–Trinajstić information content (AvgIpc) is 2.74. The molecular weight excluding hydrogens is 430 g/mol. The van der Waals surface area contributed by atoms with Crippen LogP contribution in [0, 0.1) is 10.1 Å². The molecule has 0 bridgehead atoms. The first-order valence-corrected chi connectivity index (χ1v) is 10.4. The number of rotatable bonds is 7. The van der Waals surface area contributed by atoms with E-state index in [0.717, 1.165) is 11.6 Å². The summed E-state index contributed by atoms with van der Waals surface area (Å²) in [6, 6.07) is 13.0. The summed E-state index contributed by atoms with van der Waals surface area (Å²) >= 11 is 5.79. The number of nitrogens with one attached hydrogen (secondary N) is 2. The molecule has 0 aliphatic carbocycles. The number of sulfonamides is 1. The molecule has 154 valence electrons. The van der Waals surface area contributed by atoms with Crippen LogP contribution >= 0.6 is 11.6 Å². The van der Waals surface area contributed by atoms with E-state index in [0.29, 0.717) is 10.7 Å². The molecule has 0 aliphatic rings. The van der Waals surface area contributed by atoms with Gasteiger partial charge in [-0.1, -0.05) is 11.6 Å². The maximum absolute atomic E-state index is 12.6. The lowest BCUT2D eigenvalue weighted by Crippen LogP contribution is -2.13. The Bertz CT molecular complexity index is 1200. The van der Waals surface area contributed by atoms with E-state index < -0.39 is 20.6 Å². The van der Waals surface area contributed by atoms with Crippen LogP contribution in [0.25, 0.3) is 0 Å². The Morgan fingerprint density at radius 2 is 1.77 bits per heavy atom. The highest BCUT2D eigenvalue weighted by Gasteiger charge is 2.21. The van der Waals surface area contributed by atoms with Gasteiger partial charge in [-0.3, -0.25) is 25.2 Å². The van der Waals surface area contributed by atoms with Gasteiger partial charge in [0.15, 0.2) is 0 Å². The molecule has 2 aromatic carbocycles. The van der Waals surface area contributed by atoms with Gasteiger partial charge in [-0.25, -0.2) is 8.42 Å². The molecule has 0 unspecified atom stereocenters. The Labute approximate surface area is 177 Å². The maximum Gasteiger partial charge on any atom is 0.295 e. The zero-order chi connectivity index (χ0) is 21.7. The third-order valence-corrected chi connectivity index (χ3v) is 5.65. The normalized spacial score (nSPS) is 11.7. The van der Waals surface area contributed by atoms with Crippen LogP contribution in [-0.2, 0) is 10.0 Å². The molecule has 30 heavy (non-hydrogen) atoms. The fourth-order valence-corrected chi connectivity index (χ4v) is 3.66. The number of hydrazone groups is 1. The van der Waals surface area contributed by atoms with E-state index in [-0.39, 0.29) is 16.3 Å². The van der Waals surface area contributed by atoms with Crippen LogP contribution in [0.15, 0.2) is 77.0 Å². The molecule has 3 aromatic rings. The number of hydrogen-bond acceptors (Lipinski definition) is 7. The molecule has 3 rings (SSSR count). The summed E-state index contributed by atoms with van der Waals surface area (Å²) in [6.45, 7) is 1.73. The van der Waals surface area contributed by atoms with E-state index >= 15 is 0 Å². The Morgan fingerprint density at radius 3 is 2.40 bits per heavy atom. The van der Waals surface area contributed by atoms with Crippen molar-refractivity contribution >= 4 is 44.4 Å². The molecule has 0 saturated carbocycles. The topological polar surface area (TPSA) is 127 Å². The first-order valence-electron chi connectivity index (χ1n) is 8.54. The summed E-state index contributed by atoms with van der Waals surface area (Å²) in [7, 11) is -4.04. The molecule has 0 fully saturated rings. The Balaban J connectivity index is 1.87. The number of nitro groups is 1. The summed E-state index contributed by atoms with van der Waals surface area (Å²) in [4.78, 5) is 14.5. The second-order valence-electron chi connectivity index (χ2n) is 6.09. The van der Waals surface area contributed by atoms with Crippen LogP contribution in [0.4, 0.5) is 17.1 Å². The molecule has 0 aliphatic heterocycles. The lowest BCUT2D eigenvalue weighted by molar-refractivity contribution is -0.384. The van der Waals surface area contributed by atoms with Gasteiger partial charge in [-0.15, -0.1) is 0 Å². The van der Waals surface area contributed by atoms with E-state index in [2.05, 4.69) is 20.2 Å².